The summed E-state index contributed by atoms with van der Waals surface area (Å²) in [5, 5.41) is 10.1. The number of pyridine rings is 1. The van der Waals surface area contributed by atoms with Crippen molar-refractivity contribution in [3.63, 3.8) is 0 Å². The predicted molar refractivity (Wildman–Crippen MR) is 89.7 cm³/mol. The first kappa shape index (κ1) is 14.5. The maximum absolute atomic E-state index is 11.6. The standard InChI is InChI=1S/C19H15NO4/c21-19(22)14-11-16(20-15-5-2-1-4-13(14)15)12-6-7-17-18(10-12)24-9-3-8-23-17/h1-2,4-7,10-11H,3,8-9H2,(H,21,22). The van der Waals surface area contributed by atoms with Crippen molar-refractivity contribution in [2.45, 2.75) is 6.42 Å². The van der Waals surface area contributed by atoms with Gasteiger partial charge in [-0.25, -0.2) is 9.78 Å². The molecule has 1 N–H and O–H groups in total. The summed E-state index contributed by atoms with van der Waals surface area (Å²) in [7, 11) is 0. The second-order valence-electron chi connectivity index (χ2n) is 5.59. The molecule has 5 heteroatoms. The number of ether oxygens (including phenoxy) is 2. The minimum absolute atomic E-state index is 0.239. The van der Waals surface area contributed by atoms with Crippen LogP contribution >= 0.6 is 0 Å². The Hall–Kier alpha value is -3.08. The van der Waals surface area contributed by atoms with Crippen molar-refractivity contribution in [2.75, 3.05) is 13.2 Å². The molecule has 0 aliphatic carbocycles. The van der Waals surface area contributed by atoms with E-state index in [1.54, 1.807) is 12.1 Å². The van der Waals surface area contributed by atoms with Crippen LogP contribution in [0.3, 0.4) is 0 Å². The lowest BCUT2D eigenvalue weighted by atomic mass is 10.0. The number of hydrogen-bond acceptors (Lipinski definition) is 4. The molecule has 1 aromatic heterocycles. The number of carboxylic acid groups (broad SMARTS) is 1. The van der Waals surface area contributed by atoms with Gasteiger partial charge >= 0.3 is 5.97 Å². The summed E-state index contributed by atoms with van der Waals surface area (Å²) in [5.41, 5.74) is 2.29. The largest absolute Gasteiger partial charge is 0.490 e. The van der Waals surface area contributed by atoms with Crippen molar-refractivity contribution < 1.29 is 19.4 Å². The first-order valence-corrected chi connectivity index (χ1v) is 7.75. The Morgan fingerprint density at radius 1 is 1.00 bits per heavy atom. The van der Waals surface area contributed by atoms with Gasteiger partial charge in [0.25, 0.3) is 0 Å². The number of nitrogens with zero attached hydrogens (tertiary/aromatic N) is 1. The molecular formula is C19H15NO4. The predicted octanol–water partition coefficient (Wildman–Crippen LogP) is 3.76. The molecule has 0 saturated heterocycles. The van der Waals surface area contributed by atoms with Gasteiger partial charge in [0.15, 0.2) is 11.5 Å². The molecule has 5 nitrogen and oxygen atoms in total. The van der Waals surface area contributed by atoms with Crippen molar-refractivity contribution in [2.24, 2.45) is 0 Å². The molecule has 2 heterocycles. The highest BCUT2D eigenvalue weighted by Gasteiger charge is 2.15. The van der Waals surface area contributed by atoms with Gasteiger partial charge in [0.2, 0.25) is 0 Å². The van der Waals surface area contributed by atoms with Crippen LogP contribution in [-0.2, 0) is 0 Å². The molecule has 1 aliphatic rings. The fourth-order valence-corrected chi connectivity index (χ4v) is 2.82. The SMILES string of the molecule is O=C(O)c1cc(-c2ccc3c(c2)OCCCO3)nc2ccccc12. The molecule has 2 aromatic carbocycles. The number of carbonyl (C=O) groups is 1. The lowest BCUT2D eigenvalue weighted by Gasteiger charge is -2.11. The molecule has 24 heavy (non-hydrogen) atoms. The molecular weight excluding hydrogens is 306 g/mol. The van der Waals surface area contributed by atoms with E-state index in [0.717, 1.165) is 12.0 Å². The molecule has 0 bridgehead atoms. The number of fused-ring (bicyclic) bond motifs is 2. The van der Waals surface area contributed by atoms with Crippen LogP contribution in [0.2, 0.25) is 0 Å². The molecule has 0 spiro atoms. The fourth-order valence-electron chi connectivity index (χ4n) is 2.82. The van der Waals surface area contributed by atoms with Crippen LogP contribution in [0.1, 0.15) is 16.8 Å². The third kappa shape index (κ3) is 2.54. The van der Waals surface area contributed by atoms with Gasteiger partial charge in [0.05, 0.1) is 30.0 Å². The highest BCUT2D eigenvalue weighted by molar-refractivity contribution is 6.03. The maximum atomic E-state index is 11.6. The van der Waals surface area contributed by atoms with E-state index in [4.69, 9.17) is 9.47 Å². The Morgan fingerprint density at radius 2 is 1.79 bits per heavy atom. The number of para-hydroxylation sites is 1. The molecule has 120 valence electrons. The monoisotopic (exact) mass is 321 g/mol. The number of rotatable bonds is 2. The Balaban J connectivity index is 1.87. The first-order valence-electron chi connectivity index (χ1n) is 7.75. The van der Waals surface area contributed by atoms with Crippen molar-refractivity contribution in [1.82, 2.24) is 4.98 Å². The Labute approximate surface area is 138 Å². The zero-order valence-corrected chi connectivity index (χ0v) is 12.9. The zero-order valence-electron chi connectivity index (χ0n) is 12.9. The van der Waals surface area contributed by atoms with Gasteiger partial charge in [-0.2, -0.15) is 0 Å². The number of benzene rings is 2. The third-order valence-electron chi connectivity index (χ3n) is 3.99. The van der Waals surface area contributed by atoms with Crippen LogP contribution in [0.15, 0.2) is 48.5 Å². The van der Waals surface area contributed by atoms with Crippen LogP contribution in [0.5, 0.6) is 11.5 Å². The second-order valence-corrected chi connectivity index (χ2v) is 5.59. The van der Waals surface area contributed by atoms with E-state index in [1.807, 2.05) is 36.4 Å². The van der Waals surface area contributed by atoms with E-state index >= 15 is 0 Å². The van der Waals surface area contributed by atoms with Crippen LogP contribution in [0.4, 0.5) is 0 Å². The maximum Gasteiger partial charge on any atom is 0.336 e. The number of carboxylic acids is 1. The van der Waals surface area contributed by atoms with E-state index in [9.17, 15) is 9.90 Å². The average molecular weight is 321 g/mol. The minimum Gasteiger partial charge on any atom is -0.490 e. The normalized spacial score (nSPS) is 13.5. The summed E-state index contributed by atoms with van der Waals surface area (Å²) < 4.78 is 11.3. The molecule has 0 radical (unpaired) electrons. The molecule has 0 unspecified atom stereocenters. The number of aromatic carboxylic acids is 1. The topological polar surface area (TPSA) is 68.7 Å². The molecule has 1 aliphatic heterocycles. The summed E-state index contributed by atoms with van der Waals surface area (Å²) in [4.78, 5) is 16.2. The first-order chi connectivity index (χ1) is 11.7. The van der Waals surface area contributed by atoms with Gasteiger partial charge in [-0.3, -0.25) is 0 Å². The van der Waals surface area contributed by atoms with Gasteiger partial charge in [-0.05, 0) is 30.3 Å². The van der Waals surface area contributed by atoms with Crippen molar-refractivity contribution in [3.05, 3.63) is 54.1 Å². The number of hydrogen-bond donors (Lipinski definition) is 1. The molecule has 0 amide bonds. The summed E-state index contributed by atoms with van der Waals surface area (Å²) in [6.07, 6.45) is 0.835. The van der Waals surface area contributed by atoms with Crippen LogP contribution in [0, 0.1) is 0 Å². The third-order valence-corrected chi connectivity index (χ3v) is 3.99. The summed E-state index contributed by atoms with van der Waals surface area (Å²) >= 11 is 0. The Kier molecular flexibility index (Phi) is 3.54. The van der Waals surface area contributed by atoms with Gasteiger partial charge in [-0.15, -0.1) is 0 Å². The summed E-state index contributed by atoms with van der Waals surface area (Å²) in [6.45, 7) is 1.23. The fraction of sp³-hybridized carbons (Fsp3) is 0.158. The summed E-state index contributed by atoms with van der Waals surface area (Å²) in [5.74, 6) is 0.400. The van der Waals surface area contributed by atoms with E-state index in [2.05, 4.69) is 4.98 Å². The Morgan fingerprint density at radius 3 is 2.62 bits per heavy atom. The number of aromatic nitrogens is 1. The lowest BCUT2D eigenvalue weighted by Crippen LogP contribution is -2.00. The van der Waals surface area contributed by atoms with E-state index < -0.39 is 5.97 Å². The highest BCUT2D eigenvalue weighted by atomic mass is 16.5. The van der Waals surface area contributed by atoms with Gasteiger partial charge in [-0.1, -0.05) is 18.2 Å². The van der Waals surface area contributed by atoms with Gasteiger partial charge in [0, 0.05) is 17.4 Å². The van der Waals surface area contributed by atoms with E-state index in [0.29, 0.717) is 41.3 Å². The Bertz CT molecular complexity index is 936. The van der Waals surface area contributed by atoms with Crippen molar-refractivity contribution in [1.29, 1.82) is 0 Å². The zero-order chi connectivity index (χ0) is 16.5. The van der Waals surface area contributed by atoms with Crippen LogP contribution < -0.4 is 9.47 Å². The van der Waals surface area contributed by atoms with E-state index in [1.165, 1.54) is 0 Å². The highest BCUT2D eigenvalue weighted by Crippen LogP contribution is 2.34. The molecule has 4 rings (SSSR count). The molecule has 0 atom stereocenters. The van der Waals surface area contributed by atoms with Crippen molar-refractivity contribution >= 4 is 16.9 Å². The lowest BCUT2D eigenvalue weighted by molar-refractivity contribution is 0.0699. The smallest absolute Gasteiger partial charge is 0.336 e. The van der Waals surface area contributed by atoms with Gasteiger partial charge < -0.3 is 14.6 Å². The molecule has 3 aromatic rings. The summed E-state index contributed by atoms with van der Waals surface area (Å²) in [6, 6.07) is 14.4. The molecule has 0 fully saturated rings. The van der Waals surface area contributed by atoms with Crippen LogP contribution in [-0.4, -0.2) is 29.3 Å². The molecule has 0 saturated carbocycles. The van der Waals surface area contributed by atoms with Crippen molar-refractivity contribution in [3.8, 4) is 22.8 Å². The van der Waals surface area contributed by atoms with Gasteiger partial charge in [0.1, 0.15) is 0 Å². The minimum atomic E-state index is -0.968. The van der Waals surface area contributed by atoms with E-state index in [-0.39, 0.29) is 5.56 Å². The second kappa shape index (κ2) is 5.85. The average Bonchev–Trinajstić information content (AvgIpc) is 2.85. The van der Waals surface area contributed by atoms with Crippen LogP contribution in [0.25, 0.3) is 22.2 Å². The quantitative estimate of drug-likeness (QED) is 0.778.